The van der Waals surface area contributed by atoms with Crippen molar-refractivity contribution < 1.29 is 0 Å². The molecule has 0 atom stereocenters. The van der Waals surface area contributed by atoms with Crippen LogP contribution in [0.2, 0.25) is 0 Å². The Morgan fingerprint density at radius 3 is 0.821 bits per heavy atom. The van der Waals surface area contributed by atoms with E-state index in [2.05, 4.69) is 24.3 Å². The fourth-order valence-electron chi connectivity index (χ4n) is 2.98. The summed E-state index contributed by atoms with van der Waals surface area (Å²) in [7, 11) is 0. The Morgan fingerprint density at radius 1 is 0.464 bits per heavy atom. The zero-order valence-corrected chi connectivity index (χ0v) is 18.7. The number of fused-ring (bicyclic) bond motifs is 2. The first-order valence-electron chi connectivity index (χ1n) is 8.03. The highest BCUT2D eigenvalue weighted by molar-refractivity contribution is 7.39. The Hall–Kier alpha value is -2.72. The molecule has 0 aliphatic carbocycles. The molecule has 0 aromatic carbocycles. The summed E-state index contributed by atoms with van der Waals surface area (Å²) in [4.78, 5) is 3.05. The minimum absolute atomic E-state index is 0.763. The molecule has 0 aliphatic heterocycles. The molecule has 0 bridgehead atoms. The van der Waals surface area contributed by atoms with Crippen molar-refractivity contribution in [3.8, 4) is 24.3 Å². The van der Waals surface area contributed by atoms with Gasteiger partial charge in [-0.1, -0.05) is 0 Å². The third kappa shape index (κ3) is 3.08. The normalized spacial score (nSPS) is 10.0. The molecule has 0 saturated heterocycles. The van der Waals surface area contributed by atoms with E-state index < -0.39 is 0 Å². The summed E-state index contributed by atoms with van der Waals surface area (Å²) in [5.41, 5.74) is 4.07. The summed E-state index contributed by atoms with van der Waals surface area (Å²) >= 11 is 5.92. The van der Waals surface area contributed by atoms with E-state index in [-0.39, 0.29) is 0 Å². The molecule has 0 radical (unpaired) electrons. The zero-order valence-electron chi connectivity index (χ0n) is 15.4. The second-order valence-electron chi connectivity index (χ2n) is 6.00. The van der Waals surface area contributed by atoms with Gasteiger partial charge in [0.2, 0.25) is 0 Å². The molecule has 0 N–H and O–H groups in total. The Bertz CT molecular complexity index is 1190. The molecule has 8 heteroatoms. The molecule has 0 fully saturated rings. The first-order valence-corrected chi connectivity index (χ1v) is 11.3. The minimum atomic E-state index is 0.763. The zero-order chi connectivity index (χ0) is 20.6. The van der Waals surface area contributed by atoms with Crippen molar-refractivity contribution in [2.45, 2.75) is 27.7 Å². The van der Waals surface area contributed by atoms with Crippen LogP contribution in [0.4, 0.5) is 0 Å². The summed E-state index contributed by atoms with van der Waals surface area (Å²) in [6.07, 6.45) is 0. The van der Waals surface area contributed by atoms with Crippen LogP contribution in [0.3, 0.4) is 0 Å². The number of aryl methyl sites for hydroxylation is 4. The third-order valence-corrected chi connectivity index (χ3v) is 9.42. The second-order valence-corrected chi connectivity index (χ2v) is 10.6. The maximum absolute atomic E-state index is 8.86. The molecule has 4 aromatic rings. The topological polar surface area (TPSA) is 95.2 Å². The Kier molecular flexibility index (Phi) is 5.52. The molecular formula is C20H12N4S4. The number of rotatable bonds is 0. The molecule has 28 heavy (non-hydrogen) atoms. The van der Waals surface area contributed by atoms with Gasteiger partial charge in [-0.25, -0.2) is 0 Å². The lowest BCUT2D eigenvalue weighted by atomic mass is 10.1. The molecule has 4 aromatic heterocycles. The summed E-state index contributed by atoms with van der Waals surface area (Å²) in [6, 6.07) is 8.71. The van der Waals surface area contributed by atoms with Crippen molar-refractivity contribution in [1.82, 2.24) is 0 Å². The van der Waals surface area contributed by atoms with Gasteiger partial charge in [0.05, 0.1) is 8.03 Å². The first-order chi connectivity index (χ1) is 13.4. The van der Waals surface area contributed by atoms with Crippen molar-refractivity contribution >= 4 is 64.1 Å². The van der Waals surface area contributed by atoms with Crippen LogP contribution in [0.1, 0.15) is 41.8 Å². The van der Waals surface area contributed by atoms with Gasteiger partial charge in [-0.15, -0.1) is 45.3 Å². The van der Waals surface area contributed by atoms with Crippen molar-refractivity contribution in [1.29, 1.82) is 21.0 Å². The van der Waals surface area contributed by atoms with E-state index in [1.807, 2.05) is 27.7 Å². The summed E-state index contributed by atoms with van der Waals surface area (Å²) in [5, 5.41) is 37.6. The van der Waals surface area contributed by atoms with Crippen molar-refractivity contribution in [3.63, 3.8) is 0 Å². The second kappa shape index (κ2) is 7.72. The van der Waals surface area contributed by atoms with Crippen LogP contribution >= 0.6 is 45.3 Å². The maximum Gasteiger partial charge on any atom is 0.110 e. The lowest BCUT2D eigenvalue weighted by molar-refractivity contribution is 1.45. The van der Waals surface area contributed by atoms with E-state index in [1.165, 1.54) is 45.3 Å². The van der Waals surface area contributed by atoms with Crippen LogP contribution in [-0.4, -0.2) is 0 Å². The molecule has 0 aliphatic rings. The Morgan fingerprint density at radius 2 is 0.679 bits per heavy atom. The number of nitriles is 4. The first kappa shape index (κ1) is 20.0. The van der Waals surface area contributed by atoms with E-state index in [1.54, 1.807) is 0 Å². The molecular weight excluding hydrogens is 425 g/mol. The van der Waals surface area contributed by atoms with Crippen LogP contribution in [0, 0.1) is 73.0 Å². The van der Waals surface area contributed by atoms with Crippen molar-refractivity contribution in [2.24, 2.45) is 0 Å². The molecule has 4 rings (SSSR count). The summed E-state index contributed by atoms with van der Waals surface area (Å²) in [6.45, 7) is 7.77. The van der Waals surface area contributed by atoms with Gasteiger partial charge in [0, 0.05) is 10.8 Å². The highest BCUT2D eigenvalue weighted by Gasteiger charge is 2.16. The van der Waals surface area contributed by atoms with Crippen molar-refractivity contribution in [2.75, 3.05) is 0 Å². The smallest absolute Gasteiger partial charge is 0.110 e. The average molecular weight is 437 g/mol. The number of hydrogen-bond acceptors (Lipinski definition) is 8. The lowest BCUT2D eigenvalue weighted by Crippen LogP contribution is -1.76. The number of thiophene rings is 4. The summed E-state index contributed by atoms with van der Waals surface area (Å²) < 4.78 is 2.18. The van der Waals surface area contributed by atoms with Gasteiger partial charge in [0.25, 0.3) is 0 Å². The van der Waals surface area contributed by atoms with Crippen molar-refractivity contribution in [3.05, 3.63) is 41.8 Å². The molecule has 0 saturated carbocycles. The van der Waals surface area contributed by atoms with Gasteiger partial charge in [-0.2, -0.15) is 21.0 Å². The molecule has 4 nitrogen and oxygen atoms in total. The highest BCUT2D eigenvalue weighted by atomic mass is 32.2. The predicted octanol–water partition coefficient (Wildman–Crippen LogP) is 6.65. The standard InChI is InChI=1S/2C10H6N2S2/c2*1-5-7(3-11)13-10-9(5)6(2)8(4-12)14-10/h2*1-2H3. The van der Waals surface area contributed by atoms with Gasteiger partial charge in [0.1, 0.15) is 43.8 Å². The monoisotopic (exact) mass is 436 g/mol. The quantitative estimate of drug-likeness (QED) is 0.308. The van der Waals surface area contributed by atoms with E-state index >= 15 is 0 Å². The average Bonchev–Trinajstić information content (AvgIpc) is 3.38. The fraction of sp³-hybridized carbons (Fsp3) is 0.200. The minimum Gasteiger partial charge on any atom is -0.192 e. The largest absolute Gasteiger partial charge is 0.192 e. The van der Waals surface area contributed by atoms with E-state index in [0.29, 0.717) is 0 Å². The number of hydrogen-bond donors (Lipinski definition) is 0. The third-order valence-electron chi connectivity index (χ3n) is 4.46. The molecule has 4 heterocycles. The fourth-order valence-corrected chi connectivity index (χ4v) is 7.89. The van der Waals surface area contributed by atoms with Gasteiger partial charge < -0.3 is 0 Å². The molecule has 0 unspecified atom stereocenters. The van der Waals surface area contributed by atoms with E-state index in [9.17, 15) is 0 Å². The Labute approximate surface area is 178 Å². The van der Waals surface area contributed by atoms with Gasteiger partial charge in [-0.05, 0) is 49.9 Å². The lowest BCUT2D eigenvalue weighted by Gasteiger charge is -1.89. The predicted molar refractivity (Wildman–Crippen MR) is 117 cm³/mol. The van der Waals surface area contributed by atoms with Crippen LogP contribution in [-0.2, 0) is 0 Å². The SMILES string of the molecule is Cc1c(C#N)sc2sc(C#N)c(C)c12.Cc1c(C#N)sc2sc(C#N)c(C)c12. The maximum atomic E-state index is 8.86. The molecule has 136 valence electrons. The summed E-state index contributed by atoms with van der Waals surface area (Å²) in [5.74, 6) is 0. The van der Waals surface area contributed by atoms with Gasteiger partial charge in [0.15, 0.2) is 0 Å². The van der Waals surface area contributed by atoms with E-state index in [4.69, 9.17) is 21.0 Å². The van der Waals surface area contributed by atoms with Crippen LogP contribution in [0.15, 0.2) is 0 Å². The van der Waals surface area contributed by atoms with Gasteiger partial charge in [-0.3, -0.25) is 0 Å². The van der Waals surface area contributed by atoms with Crippen LogP contribution in [0.5, 0.6) is 0 Å². The molecule has 0 spiro atoms. The molecule has 0 amide bonds. The number of nitrogens with zero attached hydrogens (tertiary/aromatic N) is 4. The van der Waals surface area contributed by atoms with Crippen LogP contribution in [0.25, 0.3) is 18.8 Å². The van der Waals surface area contributed by atoms with Crippen LogP contribution < -0.4 is 0 Å². The van der Waals surface area contributed by atoms with E-state index in [0.717, 1.165) is 60.6 Å². The Balaban J connectivity index is 0.000000161. The highest BCUT2D eigenvalue weighted by Crippen LogP contribution is 2.40. The van der Waals surface area contributed by atoms with Gasteiger partial charge >= 0.3 is 0 Å².